The summed E-state index contributed by atoms with van der Waals surface area (Å²) in [5.74, 6) is -2.83. The normalized spacial score (nSPS) is 22.0. The van der Waals surface area contributed by atoms with Gasteiger partial charge in [-0.25, -0.2) is 0 Å². The molecule has 262 valence electrons. The van der Waals surface area contributed by atoms with E-state index in [9.17, 15) is 29.1 Å². The van der Waals surface area contributed by atoms with Crippen molar-refractivity contribution in [3.05, 3.63) is 77.6 Å². The van der Waals surface area contributed by atoms with Gasteiger partial charge in [0.05, 0.1) is 30.8 Å². The van der Waals surface area contributed by atoms with Crippen LogP contribution in [0.1, 0.15) is 56.9 Å². The number of hydrogen-bond donors (Lipinski definition) is 2. The first kappa shape index (κ1) is 34.5. The fraction of sp³-hybridized carbons (Fsp3) is 0.400. The molecule has 0 saturated carbocycles. The number of amides is 3. The molecule has 4 heterocycles. The van der Waals surface area contributed by atoms with Gasteiger partial charge in [0.25, 0.3) is 5.91 Å². The number of carbonyl (C=O) groups excluding carboxylic acids is 5. The molecule has 0 aliphatic carbocycles. The first-order chi connectivity index (χ1) is 23.9. The number of hydrogen-bond acceptors (Lipinski definition) is 11. The minimum atomic E-state index is -2.03. The van der Waals surface area contributed by atoms with Gasteiger partial charge in [-0.2, -0.15) is 0 Å². The number of anilines is 3. The molecule has 15 nitrogen and oxygen atoms in total. The third-order valence-corrected chi connectivity index (χ3v) is 9.04. The van der Waals surface area contributed by atoms with Crippen molar-refractivity contribution in [3.8, 4) is 0 Å². The molecule has 2 saturated heterocycles. The zero-order valence-electron chi connectivity index (χ0n) is 27.9. The molecule has 3 aromatic rings. The number of carbonyl (C=O) groups is 5. The lowest BCUT2D eigenvalue weighted by Crippen LogP contribution is -2.55. The van der Waals surface area contributed by atoms with E-state index >= 15 is 0 Å². The Bertz CT molecular complexity index is 1870. The molecule has 3 aliphatic rings. The van der Waals surface area contributed by atoms with E-state index in [0.29, 0.717) is 47.7 Å². The SMILES string of the molecule is CC(=O)OC1CC(=O)N1c1cccc(CN2C(=O)[C@@](O)([C@@H](C)/C=C/CCn3cc(CCO)nn3)c3cc(N4C(=O)CC4OC(C)=O)ccc32)c1. The van der Waals surface area contributed by atoms with Gasteiger partial charge in [-0.3, -0.25) is 38.5 Å². The second-order valence-electron chi connectivity index (χ2n) is 12.5. The zero-order valence-corrected chi connectivity index (χ0v) is 27.9. The number of esters is 2. The maximum absolute atomic E-state index is 14.3. The Balaban J connectivity index is 1.28. The maximum atomic E-state index is 14.3. The van der Waals surface area contributed by atoms with Gasteiger partial charge in [0.15, 0.2) is 18.1 Å². The van der Waals surface area contributed by atoms with Crippen molar-refractivity contribution in [3.63, 3.8) is 0 Å². The maximum Gasteiger partial charge on any atom is 0.304 e. The number of β-lactam (4-membered cyclic amide) rings is 2. The van der Waals surface area contributed by atoms with Crippen LogP contribution in [0, 0.1) is 5.92 Å². The summed E-state index contributed by atoms with van der Waals surface area (Å²) in [4.78, 5) is 66.8. The average molecular weight is 687 g/mol. The van der Waals surface area contributed by atoms with Crippen LogP contribution in [0.4, 0.5) is 17.1 Å². The van der Waals surface area contributed by atoms with Crippen LogP contribution in [-0.2, 0) is 58.6 Å². The first-order valence-corrected chi connectivity index (χ1v) is 16.3. The number of nitrogens with zero attached hydrogens (tertiary/aromatic N) is 6. The Hall–Kier alpha value is -5.41. The van der Waals surface area contributed by atoms with Crippen molar-refractivity contribution in [2.75, 3.05) is 21.3 Å². The number of aromatic nitrogens is 3. The fourth-order valence-corrected chi connectivity index (χ4v) is 6.52. The summed E-state index contributed by atoms with van der Waals surface area (Å²) in [6.07, 6.45) is 4.86. The van der Waals surface area contributed by atoms with Crippen LogP contribution in [0.3, 0.4) is 0 Å². The predicted octanol–water partition coefficient (Wildman–Crippen LogP) is 2.08. The predicted molar refractivity (Wildman–Crippen MR) is 177 cm³/mol. The Morgan fingerprint density at radius 3 is 2.28 bits per heavy atom. The lowest BCUT2D eigenvalue weighted by atomic mass is 9.82. The molecule has 0 bridgehead atoms. The Morgan fingerprint density at radius 2 is 1.66 bits per heavy atom. The Kier molecular flexibility index (Phi) is 9.54. The van der Waals surface area contributed by atoms with E-state index in [4.69, 9.17) is 14.6 Å². The number of aliphatic hydroxyl groups is 2. The average Bonchev–Trinajstić information content (AvgIpc) is 3.59. The zero-order chi connectivity index (χ0) is 35.7. The third kappa shape index (κ3) is 6.48. The fourth-order valence-electron chi connectivity index (χ4n) is 6.52. The monoisotopic (exact) mass is 686 g/mol. The number of rotatable bonds is 13. The van der Waals surface area contributed by atoms with Crippen molar-refractivity contribution in [1.82, 2.24) is 15.0 Å². The number of aryl methyl sites for hydroxylation is 1. The molecule has 6 rings (SSSR count). The summed E-state index contributed by atoms with van der Waals surface area (Å²) in [7, 11) is 0. The highest BCUT2D eigenvalue weighted by Crippen LogP contribution is 2.48. The summed E-state index contributed by atoms with van der Waals surface area (Å²) in [6.45, 7) is 4.76. The number of allylic oxidation sites excluding steroid dienone is 1. The minimum Gasteiger partial charge on any atom is -0.441 e. The number of fused-ring (bicyclic) bond motifs is 1. The second-order valence-corrected chi connectivity index (χ2v) is 12.5. The highest BCUT2D eigenvalue weighted by Gasteiger charge is 2.53. The van der Waals surface area contributed by atoms with Gasteiger partial charge in [0.1, 0.15) is 0 Å². The highest BCUT2D eigenvalue weighted by atomic mass is 16.6. The van der Waals surface area contributed by atoms with Crippen molar-refractivity contribution in [2.45, 2.75) is 77.6 Å². The quantitative estimate of drug-likeness (QED) is 0.152. The number of benzene rings is 2. The van der Waals surface area contributed by atoms with Crippen LogP contribution < -0.4 is 14.7 Å². The molecule has 50 heavy (non-hydrogen) atoms. The van der Waals surface area contributed by atoms with Gasteiger partial charge in [-0.15, -0.1) is 5.10 Å². The first-order valence-electron chi connectivity index (χ1n) is 16.3. The van der Waals surface area contributed by atoms with Gasteiger partial charge in [0.2, 0.25) is 11.8 Å². The molecule has 3 aliphatic heterocycles. The molecule has 2 aromatic carbocycles. The Labute approximate surface area is 287 Å². The summed E-state index contributed by atoms with van der Waals surface area (Å²) >= 11 is 0. The van der Waals surface area contributed by atoms with Gasteiger partial charge in [0, 0.05) is 62.5 Å². The Morgan fingerprint density at radius 1 is 1.00 bits per heavy atom. The molecule has 15 heteroatoms. The molecule has 1 aromatic heterocycles. The lowest BCUT2D eigenvalue weighted by Gasteiger charge is -2.39. The van der Waals surface area contributed by atoms with E-state index < -0.39 is 41.8 Å². The molecule has 2 fully saturated rings. The summed E-state index contributed by atoms with van der Waals surface area (Å²) in [6, 6.07) is 11.8. The van der Waals surface area contributed by atoms with Crippen molar-refractivity contribution in [1.29, 1.82) is 0 Å². The van der Waals surface area contributed by atoms with Crippen LogP contribution in [-0.4, -0.2) is 73.9 Å². The molecule has 0 spiro atoms. The van der Waals surface area contributed by atoms with Crippen LogP contribution >= 0.6 is 0 Å². The van der Waals surface area contributed by atoms with Gasteiger partial charge >= 0.3 is 11.9 Å². The van der Waals surface area contributed by atoms with Gasteiger partial charge in [-0.1, -0.05) is 36.4 Å². The molecular formula is C35H38N6O9. The lowest BCUT2D eigenvalue weighted by molar-refractivity contribution is -0.155. The molecule has 0 radical (unpaired) electrons. The van der Waals surface area contributed by atoms with Crippen LogP contribution in [0.5, 0.6) is 0 Å². The topological polar surface area (TPSA) is 185 Å². The van der Waals surface area contributed by atoms with Crippen molar-refractivity contribution < 1.29 is 43.7 Å². The molecule has 2 unspecified atom stereocenters. The van der Waals surface area contributed by atoms with Crippen LogP contribution in [0.15, 0.2) is 60.8 Å². The van der Waals surface area contributed by atoms with E-state index in [2.05, 4.69) is 10.3 Å². The van der Waals surface area contributed by atoms with E-state index in [1.165, 1.54) is 28.5 Å². The van der Waals surface area contributed by atoms with Gasteiger partial charge in [-0.05, 0) is 42.3 Å². The number of ether oxygens (including phenoxy) is 2. The van der Waals surface area contributed by atoms with Crippen molar-refractivity contribution >= 4 is 46.7 Å². The van der Waals surface area contributed by atoms with E-state index in [1.807, 2.05) is 6.08 Å². The van der Waals surface area contributed by atoms with Crippen molar-refractivity contribution in [2.24, 2.45) is 5.92 Å². The minimum absolute atomic E-state index is 0.0204. The smallest absolute Gasteiger partial charge is 0.304 e. The van der Waals surface area contributed by atoms with Gasteiger partial charge < -0.3 is 24.6 Å². The van der Waals surface area contributed by atoms with E-state index in [-0.39, 0.29) is 43.4 Å². The molecule has 3 amide bonds. The van der Waals surface area contributed by atoms with Crippen LogP contribution in [0.25, 0.3) is 0 Å². The van der Waals surface area contributed by atoms with E-state index in [1.54, 1.807) is 66.3 Å². The molecule has 2 N–H and O–H groups in total. The number of aliphatic hydroxyl groups excluding tert-OH is 1. The molecule has 4 atom stereocenters. The summed E-state index contributed by atoms with van der Waals surface area (Å²) < 4.78 is 12.2. The summed E-state index contributed by atoms with van der Waals surface area (Å²) in [5.41, 5.74) is 0.886. The standard InChI is InChI=1S/C35H38N6O9/c1-21(7-4-5-13-38-20-25(12-14-42)36-37-38)35(48)28-16-27(41-31(46)18-33(41)50-23(3)44)10-11-29(28)39(34(35)47)19-24-8-6-9-26(15-24)40-30(45)17-32(40)49-22(2)43/h4,6-11,15-16,20-21,32-33,42,48H,5,12-14,17-19H2,1-3H3/b7-4+/t21-,32?,33?,35+/m0/s1. The largest absolute Gasteiger partial charge is 0.441 e. The second kappa shape index (κ2) is 13.8. The molecular weight excluding hydrogens is 648 g/mol. The van der Waals surface area contributed by atoms with Crippen LogP contribution in [0.2, 0.25) is 0 Å². The summed E-state index contributed by atoms with van der Waals surface area (Å²) in [5, 5.41) is 29.5. The third-order valence-electron chi connectivity index (χ3n) is 9.04. The highest BCUT2D eigenvalue weighted by molar-refractivity contribution is 6.09. The van der Waals surface area contributed by atoms with E-state index in [0.717, 1.165) is 0 Å².